The fourth-order valence-corrected chi connectivity index (χ4v) is 1.18. The Hall–Kier alpha value is -1.33. The maximum absolute atomic E-state index is 10.4. The molecule has 0 aromatic heterocycles. The second-order valence-corrected chi connectivity index (χ2v) is 3.44. The molecular formula is C9H10ClNO4. The molecule has 82 valence electrons. The van der Waals surface area contributed by atoms with Gasteiger partial charge in [-0.25, -0.2) is 0 Å². The molecule has 1 N–H and O–H groups in total. The maximum atomic E-state index is 10.4. The third kappa shape index (κ3) is 3.38. The standard InChI is InChI=1S/C9H10ClNO4/c1-6(12)5-15-7-2-3-9(11(13)14)8(10)4-7/h2-4,6,12H,5H2,1H3. The average molecular weight is 232 g/mol. The molecule has 1 unspecified atom stereocenters. The van der Waals surface area contributed by atoms with Crippen molar-refractivity contribution in [2.45, 2.75) is 13.0 Å². The second kappa shape index (κ2) is 4.95. The normalized spacial score (nSPS) is 12.2. The molecule has 1 aromatic rings. The van der Waals surface area contributed by atoms with Gasteiger partial charge in [-0.05, 0) is 13.0 Å². The van der Waals surface area contributed by atoms with Crippen molar-refractivity contribution in [1.82, 2.24) is 0 Å². The predicted molar refractivity (Wildman–Crippen MR) is 55.3 cm³/mol. The fourth-order valence-electron chi connectivity index (χ4n) is 0.942. The zero-order valence-corrected chi connectivity index (χ0v) is 8.77. The van der Waals surface area contributed by atoms with E-state index in [1.807, 2.05) is 0 Å². The Morgan fingerprint density at radius 3 is 2.80 bits per heavy atom. The molecule has 0 aliphatic heterocycles. The van der Waals surface area contributed by atoms with Crippen LogP contribution >= 0.6 is 11.6 Å². The van der Waals surface area contributed by atoms with Crippen LogP contribution in [0.15, 0.2) is 18.2 Å². The molecule has 6 heteroatoms. The van der Waals surface area contributed by atoms with Crippen molar-refractivity contribution in [2.75, 3.05) is 6.61 Å². The summed E-state index contributed by atoms with van der Waals surface area (Å²) in [4.78, 5) is 9.87. The highest BCUT2D eigenvalue weighted by Crippen LogP contribution is 2.28. The quantitative estimate of drug-likeness (QED) is 0.636. The number of ether oxygens (including phenoxy) is 1. The highest BCUT2D eigenvalue weighted by Gasteiger charge is 2.12. The summed E-state index contributed by atoms with van der Waals surface area (Å²) in [6.07, 6.45) is -0.598. The third-order valence-corrected chi connectivity index (χ3v) is 1.91. The van der Waals surface area contributed by atoms with Gasteiger partial charge in [0.2, 0.25) is 0 Å². The summed E-state index contributed by atoms with van der Waals surface area (Å²) in [7, 11) is 0. The van der Waals surface area contributed by atoms with Gasteiger partial charge < -0.3 is 9.84 Å². The summed E-state index contributed by atoms with van der Waals surface area (Å²) in [6.45, 7) is 1.70. The van der Waals surface area contributed by atoms with E-state index in [0.29, 0.717) is 5.75 Å². The highest BCUT2D eigenvalue weighted by atomic mass is 35.5. The molecule has 0 bridgehead atoms. The lowest BCUT2D eigenvalue weighted by Crippen LogP contribution is -2.12. The first-order valence-electron chi connectivity index (χ1n) is 4.25. The van der Waals surface area contributed by atoms with Crippen LogP contribution in [0.5, 0.6) is 5.75 Å². The minimum atomic E-state index is -0.598. The smallest absolute Gasteiger partial charge is 0.288 e. The number of benzene rings is 1. The largest absolute Gasteiger partial charge is 0.491 e. The number of hydrogen-bond acceptors (Lipinski definition) is 4. The molecule has 0 amide bonds. The molecule has 15 heavy (non-hydrogen) atoms. The molecule has 0 saturated heterocycles. The lowest BCUT2D eigenvalue weighted by atomic mass is 10.3. The number of hydrogen-bond donors (Lipinski definition) is 1. The summed E-state index contributed by atoms with van der Waals surface area (Å²) in [5.74, 6) is 0.395. The fraction of sp³-hybridized carbons (Fsp3) is 0.333. The average Bonchev–Trinajstić information content (AvgIpc) is 2.14. The lowest BCUT2D eigenvalue weighted by molar-refractivity contribution is -0.384. The van der Waals surface area contributed by atoms with Crippen molar-refractivity contribution in [1.29, 1.82) is 0 Å². The lowest BCUT2D eigenvalue weighted by Gasteiger charge is -2.07. The van der Waals surface area contributed by atoms with Crippen LogP contribution in [0.3, 0.4) is 0 Å². The van der Waals surface area contributed by atoms with E-state index >= 15 is 0 Å². The minimum Gasteiger partial charge on any atom is -0.491 e. The Labute approximate surface area is 91.4 Å². The monoisotopic (exact) mass is 231 g/mol. The SMILES string of the molecule is CC(O)COc1ccc([N+](=O)[O-])c(Cl)c1. The van der Waals surface area contributed by atoms with E-state index in [2.05, 4.69) is 0 Å². The van der Waals surface area contributed by atoms with Gasteiger partial charge in [0.25, 0.3) is 5.69 Å². The molecule has 0 radical (unpaired) electrons. The summed E-state index contributed by atoms with van der Waals surface area (Å²) >= 11 is 5.66. The molecule has 1 rings (SSSR count). The number of rotatable bonds is 4. The number of nitro groups is 1. The zero-order valence-electron chi connectivity index (χ0n) is 8.01. The summed E-state index contributed by atoms with van der Waals surface area (Å²) in [5.41, 5.74) is -0.166. The van der Waals surface area contributed by atoms with E-state index in [4.69, 9.17) is 21.4 Å². The Balaban J connectivity index is 2.78. The van der Waals surface area contributed by atoms with Crippen LogP contribution in [0, 0.1) is 10.1 Å². The first kappa shape index (κ1) is 11.7. The molecule has 0 saturated carbocycles. The Morgan fingerprint density at radius 1 is 1.67 bits per heavy atom. The molecule has 0 heterocycles. The minimum absolute atomic E-state index is 0.0168. The van der Waals surface area contributed by atoms with E-state index in [-0.39, 0.29) is 17.3 Å². The van der Waals surface area contributed by atoms with Crippen LogP contribution in [0.1, 0.15) is 6.92 Å². The van der Waals surface area contributed by atoms with Crippen molar-refractivity contribution >= 4 is 17.3 Å². The van der Waals surface area contributed by atoms with Gasteiger partial charge in [0.05, 0.1) is 11.0 Å². The Kier molecular flexibility index (Phi) is 3.88. The van der Waals surface area contributed by atoms with E-state index < -0.39 is 11.0 Å². The van der Waals surface area contributed by atoms with Crippen LogP contribution in [-0.4, -0.2) is 22.7 Å². The van der Waals surface area contributed by atoms with Gasteiger partial charge in [-0.15, -0.1) is 0 Å². The maximum Gasteiger partial charge on any atom is 0.288 e. The zero-order chi connectivity index (χ0) is 11.4. The predicted octanol–water partition coefficient (Wildman–Crippen LogP) is 2.01. The van der Waals surface area contributed by atoms with Crippen molar-refractivity contribution in [3.8, 4) is 5.75 Å². The highest BCUT2D eigenvalue weighted by molar-refractivity contribution is 6.32. The summed E-state index contributed by atoms with van der Waals surface area (Å²) in [6, 6.07) is 4.05. The van der Waals surface area contributed by atoms with Gasteiger partial charge in [0, 0.05) is 12.1 Å². The third-order valence-electron chi connectivity index (χ3n) is 1.61. The van der Waals surface area contributed by atoms with Crippen molar-refractivity contribution in [3.63, 3.8) is 0 Å². The Bertz CT molecular complexity index is 367. The van der Waals surface area contributed by atoms with Gasteiger partial charge in [0.1, 0.15) is 17.4 Å². The molecule has 5 nitrogen and oxygen atoms in total. The van der Waals surface area contributed by atoms with Gasteiger partial charge in [-0.3, -0.25) is 10.1 Å². The molecule has 0 aliphatic carbocycles. The second-order valence-electron chi connectivity index (χ2n) is 3.03. The molecular weight excluding hydrogens is 222 g/mol. The van der Waals surface area contributed by atoms with Crippen LogP contribution in [0.2, 0.25) is 5.02 Å². The first-order valence-corrected chi connectivity index (χ1v) is 4.63. The number of nitro benzene ring substituents is 1. The number of nitrogens with zero attached hydrogens (tertiary/aromatic N) is 1. The van der Waals surface area contributed by atoms with Gasteiger partial charge in [-0.2, -0.15) is 0 Å². The molecule has 0 fully saturated rings. The van der Waals surface area contributed by atoms with Crippen LogP contribution < -0.4 is 4.74 Å². The number of aliphatic hydroxyl groups excluding tert-OH is 1. The van der Waals surface area contributed by atoms with E-state index in [9.17, 15) is 10.1 Å². The van der Waals surface area contributed by atoms with Crippen molar-refractivity contribution in [2.24, 2.45) is 0 Å². The Morgan fingerprint density at radius 2 is 2.33 bits per heavy atom. The van der Waals surface area contributed by atoms with Crippen molar-refractivity contribution < 1.29 is 14.8 Å². The van der Waals surface area contributed by atoms with E-state index in [1.165, 1.54) is 18.2 Å². The molecule has 1 aromatic carbocycles. The van der Waals surface area contributed by atoms with Crippen LogP contribution in [0.25, 0.3) is 0 Å². The first-order chi connectivity index (χ1) is 7.00. The van der Waals surface area contributed by atoms with Gasteiger partial charge in [-0.1, -0.05) is 11.6 Å². The topological polar surface area (TPSA) is 72.6 Å². The van der Waals surface area contributed by atoms with Crippen LogP contribution in [-0.2, 0) is 0 Å². The molecule has 1 atom stereocenters. The molecule has 0 spiro atoms. The van der Waals surface area contributed by atoms with E-state index in [0.717, 1.165) is 0 Å². The van der Waals surface area contributed by atoms with Crippen molar-refractivity contribution in [3.05, 3.63) is 33.3 Å². The number of halogens is 1. The summed E-state index contributed by atoms with van der Waals surface area (Å²) in [5, 5.41) is 19.4. The van der Waals surface area contributed by atoms with Crippen LogP contribution in [0.4, 0.5) is 5.69 Å². The van der Waals surface area contributed by atoms with Gasteiger partial charge >= 0.3 is 0 Å². The van der Waals surface area contributed by atoms with Gasteiger partial charge in [0.15, 0.2) is 0 Å². The number of aliphatic hydroxyl groups is 1. The summed E-state index contributed by atoms with van der Waals surface area (Å²) < 4.78 is 5.13. The van der Waals surface area contributed by atoms with E-state index in [1.54, 1.807) is 6.92 Å². The molecule has 0 aliphatic rings.